The molecule has 24 heavy (non-hydrogen) atoms. The number of carbonyl (C=O) groups is 1. The van der Waals surface area contributed by atoms with Gasteiger partial charge in [0.15, 0.2) is 0 Å². The molecule has 128 valence electrons. The van der Waals surface area contributed by atoms with Crippen molar-refractivity contribution in [2.45, 2.75) is 39.2 Å². The molecule has 0 saturated carbocycles. The van der Waals surface area contributed by atoms with Gasteiger partial charge in [-0.3, -0.25) is 4.79 Å². The number of nitrogens with zero attached hydrogens (tertiary/aromatic N) is 2. The molecule has 1 aliphatic rings. The van der Waals surface area contributed by atoms with E-state index in [1.54, 1.807) is 11.3 Å². The van der Waals surface area contributed by atoms with Crippen LogP contribution in [0, 0.1) is 12.8 Å². The maximum atomic E-state index is 12.5. The van der Waals surface area contributed by atoms with Crippen molar-refractivity contribution in [3.8, 4) is 10.6 Å². The number of rotatable bonds is 4. The number of aromatic nitrogens is 1. The molecule has 3 rings (SSSR count). The average Bonchev–Trinajstić information content (AvgIpc) is 3.03. The fourth-order valence-corrected chi connectivity index (χ4v) is 4.06. The second-order valence-electron chi connectivity index (χ2n) is 6.77. The van der Waals surface area contributed by atoms with Crippen LogP contribution in [0.1, 0.15) is 31.0 Å². The van der Waals surface area contributed by atoms with Crippen molar-refractivity contribution in [1.82, 2.24) is 9.88 Å². The molecule has 0 spiro atoms. The Balaban J connectivity index is 1.60. The van der Waals surface area contributed by atoms with Crippen molar-refractivity contribution < 1.29 is 4.79 Å². The van der Waals surface area contributed by atoms with E-state index in [2.05, 4.69) is 37.0 Å². The highest BCUT2D eigenvalue weighted by Gasteiger charge is 2.25. The van der Waals surface area contributed by atoms with Crippen molar-refractivity contribution in [3.63, 3.8) is 0 Å². The lowest BCUT2D eigenvalue weighted by atomic mass is 9.91. The minimum Gasteiger partial charge on any atom is -0.342 e. The zero-order chi connectivity index (χ0) is 17.1. The first-order valence-corrected chi connectivity index (χ1v) is 9.45. The summed E-state index contributed by atoms with van der Waals surface area (Å²) in [6.07, 6.45) is 2.41. The van der Waals surface area contributed by atoms with Crippen LogP contribution in [0.4, 0.5) is 0 Å². The lowest BCUT2D eigenvalue weighted by Gasteiger charge is -2.33. The lowest BCUT2D eigenvalue weighted by molar-refractivity contribution is -0.132. The normalized spacial score (nSPS) is 17.0. The van der Waals surface area contributed by atoms with Gasteiger partial charge in [0.25, 0.3) is 0 Å². The maximum absolute atomic E-state index is 12.5. The van der Waals surface area contributed by atoms with Crippen molar-refractivity contribution in [2.24, 2.45) is 11.7 Å². The summed E-state index contributed by atoms with van der Waals surface area (Å²) < 4.78 is 0. The van der Waals surface area contributed by atoms with Gasteiger partial charge in [0.05, 0.1) is 12.1 Å². The third-order valence-corrected chi connectivity index (χ3v) is 5.73. The molecule has 1 saturated heterocycles. The van der Waals surface area contributed by atoms with Gasteiger partial charge < -0.3 is 10.6 Å². The Hall–Kier alpha value is -1.72. The van der Waals surface area contributed by atoms with Crippen LogP contribution in [0.15, 0.2) is 29.6 Å². The Morgan fingerprint density at radius 3 is 2.83 bits per heavy atom. The van der Waals surface area contributed by atoms with E-state index < -0.39 is 0 Å². The minimum atomic E-state index is 0.180. The third kappa shape index (κ3) is 4.02. The van der Waals surface area contributed by atoms with Gasteiger partial charge in [-0.15, -0.1) is 11.3 Å². The maximum Gasteiger partial charge on any atom is 0.228 e. The van der Waals surface area contributed by atoms with Gasteiger partial charge >= 0.3 is 0 Å². The summed E-state index contributed by atoms with van der Waals surface area (Å²) in [5, 5.41) is 2.99. The number of hydrogen-bond donors (Lipinski definition) is 1. The molecule has 0 radical (unpaired) electrons. The molecule has 1 fully saturated rings. The lowest BCUT2D eigenvalue weighted by Crippen LogP contribution is -2.43. The molecule has 1 aromatic carbocycles. The van der Waals surface area contributed by atoms with Crippen molar-refractivity contribution in [3.05, 3.63) is 40.9 Å². The molecule has 4 nitrogen and oxygen atoms in total. The molecule has 1 aromatic heterocycles. The van der Waals surface area contributed by atoms with Crippen molar-refractivity contribution >= 4 is 17.2 Å². The first kappa shape index (κ1) is 17.1. The molecule has 1 aliphatic heterocycles. The van der Waals surface area contributed by atoms with E-state index in [4.69, 9.17) is 5.73 Å². The van der Waals surface area contributed by atoms with Crippen LogP contribution in [-0.4, -0.2) is 34.9 Å². The van der Waals surface area contributed by atoms with Gasteiger partial charge in [0, 0.05) is 30.1 Å². The molecule has 1 amide bonds. The molecule has 2 heterocycles. The number of piperidine rings is 1. The average molecular weight is 343 g/mol. The van der Waals surface area contributed by atoms with E-state index in [1.807, 2.05) is 16.3 Å². The summed E-state index contributed by atoms with van der Waals surface area (Å²) in [6.45, 7) is 5.78. The Labute approximate surface area is 147 Å². The van der Waals surface area contributed by atoms with E-state index in [-0.39, 0.29) is 11.9 Å². The summed E-state index contributed by atoms with van der Waals surface area (Å²) in [5.41, 5.74) is 9.18. The van der Waals surface area contributed by atoms with Crippen molar-refractivity contribution in [2.75, 3.05) is 13.1 Å². The van der Waals surface area contributed by atoms with Crippen LogP contribution in [0.3, 0.4) is 0 Å². The quantitative estimate of drug-likeness (QED) is 0.927. The van der Waals surface area contributed by atoms with Crippen LogP contribution >= 0.6 is 11.3 Å². The summed E-state index contributed by atoms with van der Waals surface area (Å²) in [4.78, 5) is 19.1. The Morgan fingerprint density at radius 2 is 2.17 bits per heavy atom. The highest BCUT2D eigenvalue weighted by Crippen LogP contribution is 2.25. The first-order chi connectivity index (χ1) is 11.5. The van der Waals surface area contributed by atoms with Gasteiger partial charge in [0.2, 0.25) is 5.91 Å². The molecule has 0 aliphatic carbocycles. The van der Waals surface area contributed by atoms with Crippen LogP contribution in [-0.2, 0) is 11.2 Å². The van der Waals surface area contributed by atoms with Crippen LogP contribution in [0.25, 0.3) is 10.6 Å². The predicted molar refractivity (Wildman–Crippen MR) is 98.9 cm³/mol. The van der Waals surface area contributed by atoms with Gasteiger partial charge in [0.1, 0.15) is 5.01 Å². The Morgan fingerprint density at radius 1 is 1.42 bits per heavy atom. The van der Waals surface area contributed by atoms with Gasteiger partial charge in [-0.05, 0) is 38.7 Å². The van der Waals surface area contributed by atoms with E-state index >= 15 is 0 Å². The number of hydrogen-bond acceptors (Lipinski definition) is 4. The number of carbonyl (C=O) groups excluding carboxylic acids is 1. The second kappa shape index (κ2) is 7.45. The number of thiazole rings is 1. The van der Waals surface area contributed by atoms with Crippen LogP contribution in [0.5, 0.6) is 0 Å². The fraction of sp³-hybridized carbons (Fsp3) is 0.474. The topological polar surface area (TPSA) is 59.2 Å². The summed E-state index contributed by atoms with van der Waals surface area (Å²) in [6, 6.07) is 8.53. The molecule has 1 atom stereocenters. The zero-order valence-corrected chi connectivity index (χ0v) is 15.2. The summed E-state index contributed by atoms with van der Waals surface area (Å²) in [5.74, 6) is 0.723. The second-order valence-corrected chi connectivity index (χ2v) is 7.63. The SMILES string of the molecule is Cc1cccc(-c2nc(CC(=O)N3CCC(C(C)N)CC3)cs2)c1. The molecule has 1 unspecified atom stereocenters. The molecule has 5 heteroatoms. The minimum absolute atomic E-state index is 0.180. The highest BCUT2D eigenvalue weighted by molar-refractivity contribution is 7.13. The first-order valence-electron chi connectivity index (χ1n) is 8.57. The van der Waals surface area contributed by atoms with Gasteiger partial charge in [-0.2, -0.15) is 0 Å². The van der Waals surface area contributed by atoms with E-state index in [1.165, 1.54) is 5.56 Å². The molecule has 0 bridgehead atoms. The summed E-state index contributed by atoms with van der Waals surface area (Å²) >= 11 is 1.61. The molecule has 2 aromatic rings. The number of amides is 1. The van der Waals surface area contributed by atoms with E-state index in [9.17, 15) is 4.79 Å². The van der Waals surface area contributed by atoms with Gasteiger partial charge in [-0.1, -0.05) is 23.8 Å². The third-order valence-electron chi connectivity index (χ3n) is 4.79. The zero-order valence-electron chi connectivity index (χ0n) is 14.4. The van der Waals surface area contributed by atoms with Crippen LogP contribution < -0.4 is 5.73 Å². The van der Waals surface area contributed by atoms with Crippen LogP contribution in [0.2, 0.25) is 0 Å². The smallest absolute Gasteiger partial charge is 0.228 e. The highest BCUT2D eigenvalue weighted by atomic mass is 32.1. The molecule has 2 N–H and O–H groups in total. The van der Waals surface area contributed by atoms with Crippen molar-refractivity contribution in [1.29, 1.82) is 0 Å². The largest absolute Gasteiger partial charge is 0.342 e. The number of benzene rings is 1. The predicted octanol–water partition coefficient (Wildman–Crippen LogP) is 3.25. The van der Waals surface area contributed by atoms with E-state index in [0.29, 0.717) is 12.3 Å². The number of nitrogens with two attached hydrogens (primary N) is 1. The fourth-order valence-electron chi connectivity index (χ4n) is 3.24. The molecular formula is C19H25N3OS. The number of likely N-dealkylation sites (tertiary alicyclic amines) is 1. The number of aryl methyl sites for hydroxylation is 1. The van der Waals surface area contributed by atoms with Gasteiger partial charge in [-0.25, -0.2) is 4.98 Å². The van der Waals surface area contributed by atoms with E-state index in [0.717, 1.165) is 42.2 Å². The standard InChI is InChI=1S/C19H25N3OS/c1-13-4-3-5-16(10-13)19-21-17(12-24-19)11-18(23)22-8-6-15(7-9-22)14(2)20/h3-5,10,12,14-15H,6-9,11,20H2,1-2H3. The monoisotopic (exact) mass is 343 g/mol. The summed E-state index contributed by atoms with van der Waals surface area (Å²) in [7, 11) is 0. The Kier molecular flexibility index (Phi) is 5.31. The Bertz CT molecular complexity index is 702. The molecular weight excluding hydrogens is 318 g/mol.